The van der Waals surface area contributed by atoms with Crippen molar-refractivity contribution in [2.45, 2.75) is 19.0 Å². The number of halogens is 2. The molecule has 0 unspecified atom stereocenters. The molecule has 0 aliphatic carbocycles. The van der Waals surface area contributed by atoms with Crippen molar-refractivity contribution in [2.24, 2.45) is 0 Å². The maximum Gasteiger partial charge on any atom is 0.256 e. The fourth-order valence-electron chi connectivity index (χ4n) is 3.54. The highest BCUT2D eigenvalue weighted by Gasteiger charge is 2.44. The van der Waals surface area contributed by atoms with Crippen LogP contribution < -0.4 is 10.2 Å². The van der Waals surface area contributed by atoms with E-state index in [1.54, 1.807) is 53.4 Å². The molecule has 162 valence electrons. The number of carbonyl (C=O) groups excluding carboxylic acids is 2. The first-order valence-electron chi connectivity index (χ1n) is 9.92. The van der Waals surface area contributed by atoms with Gasteiger partial charge in [-0.3, -0.25) is 14.5 Å². The number of rotatable bonds is 6. The number of hydrogen-bond donors (Lipinski definition) is 1. The highest BCUT2D eigenvalue weighted by molar-refractivity contribution is 7.80. The Balaban J connectivity index is 1.59. The first-order chi connectivity index (χ1) is 15.4. The summed E-state index contributed by atoms with van der Waals surface area (Å²) in [6.07, 6.45) is -0.0431. The molecule has 0 aromatic heterocycles. The zero-order valence-electron chi connectivity index (χ0n) is 16.9. The van der Waals surface area contributed by atoms with Crippen molar-refractivity contribution in [1.82, 2.24) is 4.90 Å². The summed E-state index contributed by atoms with van der Waals surface area (Å²) in [4.78, 5) is 29.5. The summed E-state index contributed by atoms with van der Waals surface area (Å²) in [5.74, 6) is -0.538. The molecule has 4 rings (SSSR count). The second-order valence-corrected chi connectivity index (χ2v) is 8.56. The molecule has 1 atom stereocenters. The summed E-state index contributed by atoms with van der Waals surface area (Å²) in [5, 5.41) is 4.31. The van der Waals surface area contributed by atoms with Gasteiger partial charge in [0, 0.05) is 22.3 Å². The monoisotopic (exact) mass is 483 g/mol. The zero-order chi connectivity index (χ0) is 22.7. The number of carbonyl (C=O) groups is 2. The minimum absolute atomic E-state index is 0.0431. The van der Waals surface area contributed by atoms with Crippen molar-refractivity contribution in [3.63, 3.8) is 0 Å². The van der Waals surface area contributed by atoms with E-state index in [2.05, 4.69) is 5.32 Å². The van der Waals surface area contributed by atoms with E-state index in [4.69, 9.17) is 35.4 Å². The molecule has 3 aromatic carbocycles. The Morgan fingerprint density at radius 2 is 1.50 bits per heavy atom. The average molecular weight is 484 g/mol. The van der Waals surface area contributed by atoms with Crippen molar-refractivity contribution < 1.29 is 9.59 Å². The third-order valence-electron chi connectivity index (χ3n) is 5.11. The summed E-state index contributed by atoms with van der Waals surface area (Å²) in [7, 11) is 0. The van der Waals surface area contributed by atoms with Crippen LogP contribution in [0.1, 0.15) is 12.0 Å². The lowest BCUT2D eigenvalue weighted by Crippen LogP contribution is -2.37. The zero-order valence-corrected chi connectivity index (χ0v) is 19.2. The Labute approximate surface area is 201 Å². The van der Waals surface area contributed by atoms with Crippen LogP contribution >= 0.6 is 35.4 Å². The smallest absolute Gasteiger partial charge is 0.256 e. The van der Waals surface area contributed by atoms with Crippen LogP contribution in [0.25, 0.3) is 0 Å². The molecule has 5 nitrogen and oxygen atoms in total. The Morgan fingerprint density at radius 1 is 0.906 bits per heavy atom. The van der Waals surface area contributed by atoms with Crippen LogP contribution in [0.2, 0.25) is 10.0 Å². The Morgan fingerprint density at radius 3 is 2.12 bits per heavy atom. The van der Waals surface area contributed by atoms with Gasteiger partial charge in [-0.1, -0.05) is 53.5 Å². The lowest BCUT2D eigenvalue weighted by atomic mass is 10.1. The lowest BCUT2D eigenvalue weighted by Gasteiger charge is -2.24. The maximum absolute atomic E-state index is 13.4. The third kappa shape index (κ3) is 4.93. The number of benzene rings is 3. The second-order valence-electron chi connectivity index (χ2n) is 7.32. The van der Waals surface area contributed by atoms with E-state index in [-0.39, 0.29) is 18.2 Å². The van der Waals surface area contributed by atoms with Crippen LogP contribution in [0.3, 0.4) is 0 Å². The first-order valence-corrected chi connectivity index (χ1v) is 11.1. The van der Waals surface area contributed by atoms with Gasteiger partial charge in [-0.25, -0.2) is 0 Å². The van der Waals surface area contributed by atoms with E-state index in [0.29, 0.717) is 33.1 Å². The van der Waals surface area contributed by atoms with Crippen LogP contribution in [-0.2, 0) is 16.1 Å². The maximum atomic E-state index is 13.4. The van der Waals surface area contributed by atoms with Crippen LogP contribution in [0, 0.1) is 0 Å². The molecular weight excluding hydrogens is 465 g/mol. The minimum atomic E-state index is -0.731. The predicted molar refractivity (Wildman–Crippen MR) is 132 cm³/mol. The van der Waals surface area contributed by atoms with E-state index in [1.165, 1.54) is 4.90 Å². The lowest BCUT2D eigenvalue weighted by molar-refractivity contribution is -0.124. The molecular formula is C24H19Cl2N3O2S. The number of amides is 2. The molecule has 3 aromatic rings. The standard InChI is InChI=1S/C24H19Cl2N3O2S/c25-17-6-10-19(11-7-17)27-22(30)14-21-23(31)29(20-12-8-18(26)9-13-20)24(32)28(21)15-16-4-2-1-3-5-16/h1-13,21H,14-15H2,(H,27,30)/t21-/m0/s1. The molecule has 0 spiro atoms. The molecule has 0 radical (unpaired) electrons. The number of hydrogen-bond acceptors (Lipinski definition) is 3. The molecule has 32 heavy (non-hydrogen) atoms. The normalized spacial score (nSPS) is 15.9. The molecule has 1 fully saturated rings. The Bertz CT molecular complexity index is 1140. The van der Waals surface area contributed by atoms with Crippen molar-refractivity contribution in [3.8, 4) is 0 Å². The quantitative estimate of drug-likeness (QED) is 0.468. The summed E-state index contributed by atoms with van der Waals surface area (Å²) < 4.78 is 0. The first kappa shape index (κ1) is 22.3. The van der Waals surface area contributed by atoms with Crippen molar-refractivity contribution in [2.75, 3.05) is 10.2 Å². The molecule has 1 aliphatic rings. The van der Waals surface area contributed by atoms with Gasteiger partial charge >= 0.3 is 0 Å². The second kappa shape index (κ2) is 9.69. The third-order valence-corrected chi connectivity index (χ3v) is 6.03. The van der Waals surface area contributed by atoms with Gasteiger partial charge in [-0.05, 0) is 66.3 Å². The van der Waals surface area contributed by atoms with Crippen LogP contribution in [0.15, 0.2) is 78.9 Å². The van der Waals surface area contributed by atoms with Gasteiger partial charge in [0.25, 0.3) is 5.91 Å². The van der Waals surface area contributed by atoms with Crippen molar-refractivity contribution in [1.29, 1.82) is 0 Å². The predicted octanol–water partition coefficient (Wildman–Crippen LogP) is 5.52. The topological polar surface area (TPSA) is 52.7 Å². The van der Waals surface area contributed by atoms with Crippen molar-refractivity contribution in [3.05, 3.63) is 94.5 Å². The SMILES string of the molecule is O=C(C[C@H]1C(=O)N(c2ccc(Cl)cc2)C(=S)N1Cc1ccccc1)Nc1ccc(Cl)cc1. The molecule has 1 N–H and O–H groups in total. The summed E-state index contributed by atoms with van der Waals surface area (Å²) in [5.41, 5.74) is 2.21. The molecule has 1 heterocycles. The highest BCUT2D eigenvalue weighted by atomic mass is 35.5. The Hall–Kier alpha value is -2.93. The van der Waals surface area contributed by atoms with E-state index < -0.39 is 6.04 Å². The van der Waals surface area contributed by atoms with Crippen LogP contribution in [0.5, 0.6) is 0 Å². The molecule has 1 saturated heterocycles. The van der Waals surface area contributed by atoms with Gasteiger partial charge in [0.05, 0.1) is 12.1 Å². The highest BCUT2D eigenvalue weighted by Crippen LogP contribution is 2.29. The summed E-state index contributed by atoms with van der Waals surface area (Å²) >= 11 is 17.6. The molecule has 0 saturated carbocycles. The molecule has 8 heteroatoms. The van der Waals surface area contributed by atoms with E-state index >= 15 is 0 Å². The molecule has 1 aliphatic heterocycles. The van der Waals surface area contributed by atoms with Gasteiger partial charge in [0.15, 0.2) is 5.11 Å². The fraction of sp³-hybridized carbons (Fsp3) is 0.125. The van der Waals surface area contributed by atoms with Gasteiger partial charge in [0.1, 0.15) is 6.04 Å². The van der Waals surface area contributed by atoms with Gasteiger partial charge in [0.2, 0.25) is 5.91 Å². The number of anilines is 2. The largest absolute Gasteiger partial charge is 0.332 e. The number of nitrogens with zero attached hydrogens (tertiary/aromatic N) is 2. The van der Waals surface area contributed by atoms with Gasteiger partial charge in [-0.2, -0.15) is 0 Å². The van der Waals surface area contributed by atoms with Crippen LogP contribution in [-0.4, -0.2) is 27.9 Å². The summed E-state index contributed by atoms with van der Waals surface area (Å²) in [6, 6.07) is 22.7. The minimum Gasteiger partial charge on any atom is -0.332 e. The molecule has 0 bridgehead atoms. The summed E-state index contributed by atoms with van der Waals surface area (Å²) in [6.45, 7) is 0.411. The Kier molecular flexibility index (Phi) is 6.74. The number of nitrogens with one attached hydrogen (secondary N) is 1. The van der Waals surface area contributed by atoms with Crippen LogP contribution in [0.4, 0.5) is 11.4 Å². The molecule has 2 amide bonds. The van der Waals surface area contributed by atoms with E-state index in [9.17, 15) is 9.59 Å². The number of thiocarbonyl (C=S) groups is 1. The average Bonchev–Trinajstić information content (AvgIpc) is 3.01. The van der Waals surface area contributed by atoms with Gasteiger partial charge < -0.3 is 10.2 Å². The van der Waals surface area contributed by atoms with Gasteiger partial charge in [-0.15, -0.1) is 0 Å². The fourth-order valence-corrected chi connectivity index (χ4v) is 4.18. The van der Waals surface area contributed by atoms with E-state index in [1.807, 2.05) is 30.3 Å². The van der Waals surface area contributed by atoms with Crippen molar-refractivity contribution >= 4 is 63.7 Å². The van der Waals surface area contributed by atoms with E-state index in [0.717, 1.165) is 5.56 Å².